The Hall–Kier alpha value is -1.75. The zero-order chi connectivity index (χ0) is 22.8. The van der Waals surface area contributed by atoms with Crippen LogP contribution in [-0.4, -0.2) is 30.8 Å². The lowest BCUT2D eigenvalue weighted by Crippen LogP contribution is -2.41. The van der Waals surface area contributed by atoms with E-state index in [-0.39, 0.29) is 18.1 Å². The number of esters is 1. The van der Waals surface area contributed by atoms with E-state index < -0.39 is 5.60 Å². The first-order valence-electron chi connectivity index (χ1n) is 11.4. The van der Waals surface area contributed by atoms with Crippen LogP contribution in [0.5, 0.6) is 0 Å². The van der Waals surface area contributed by atoms with Crippen molar-refractivity contribution in [1.82, 2.24) is 5.32 Å². The fourth-order valence-corrected chi connectivity index (χ4v) is 5.34. The number of alkyl carbamates (subject to hydrolysis) is 1. The van der Waals surface area contributed by atoms with Gasteiger partial charge >= 0.3 is 12.1 Å². The van der Waals surface area contributed by atoms with E-state index in [1.165, 1.54) is 25.5 Å². The summed E-state index contributed by atoms with van der Waals surface area (Å²) in [5.41, 5.74) is 2.30. The topological polar surface area (TPSA) is 64.6 Å². The number of nitrogens with one attached hydrogen (secondary N) is 1. The minimum Gasteiger partial charge on any atom is -0.465 e. The van der Waals surface area contributed by atoms with Crippen molar-refractivity contribution < 1.29 is 19.1 Å². The van der Waals surface area contributed by atoms with E-state index in [0.717, 1.165) is 37.7 Å². The van der Waals surface area contributed by atoms with Gasteiger partial charge in [0.25, 0.3) is 0 Å². The molecule has 0 bridgehead atoms. The lowest BCUT2D eigenvalue weighted by atomic mass is 9.64. The molecule has 2 atom stereocenters. The fourth-order valence-electron chi connectivity index (χ4n) is 5.11. The quantitative estimate of drug-likeness (QED) is 0.528. The minimum atomic E-state index is -0.466. The van der Waals surface area contributed by atoms with Gasteiger partial charge in [0.15, 0.2) is 0 Å². The van der Waals surface area contributed by atoms with Crippen LogP contribution in [-0.2, 0) is 9.47 Å². The molecule has 31 heavy (non-hydrogen) atoms. The second-order valence-corrected chi connectivity index (χ2v) is 10.6. The maximum Gasteiger partial charge on any atom is 0.407 e. The molecule has 1 aromatic rings. The molecule has 0 spiro atoms. The largest absolute Gasteiger partial charge is 0.465 e. The fraction of sp³-hybridized carbons (Fsp3) is 0.680. The Morgan fingerprint density at radius 1 is 1.10 bits per heavy atom. The van der Waals surface area contributed by atoms with E-state index in [9.17, 15) is 9.59 Å². The standard InChI is InChI=1S/C25H36ClNO4/c1-15-21(13-18(26)14-22(15)23(28)30-5)20-11-8-17(20)12-16-6-9-19(10-7-16)27-24(29)31-25(2,3)4/h13-14,16-17,19-20H,6-12H2,1-5H3,(H,27,29)/t16-,17?,19-,20?. The molecule has 0 aliphatic heterocycles. The van der Waals surface area contributed by atoms with Gasteiger partial charge in [-0.25, -0.2) is 9.59 Å². The number of ether oxygens (including phenoxy) is 2. The number of benzene rings is 1. The number of hydrogen-bond acceptors (Lipinski definition) is 4. The van der Waals surface area contributed by atoms with E-state index in [2.05, 4.69) is 5.32 Å². The number of hydrogen-bond donors (Lipinski definition) is 1. The third kappa shape index (κ3) is 6.15. The van der Waals surface area contributed by atoms with E-state index in [1.807, 2.05) is 33.8 Å². The van der Waals surface area contributed by atoms with Crippen molar-refractivity contribution in [3.05, 3.63) is 33.8 Å². The summed E-state index contributed by atoms with van der Waals surface area (Å²) in [5.74, 6) is 1.44. The highest BCUT2D eigenvalue weighted by molar-refractivity contribution is 6.31. The second-order valence-electron chi connectivity index (χ2n) is 10.2. The summed E-state index contributed by atoms with van der Waals surface area (Å²) in [4.78, 5) is 24.2. The molecule has 2 saturated carbocycles. The predicted molar refractivity (Wildman–Crippen MR) is 123 cm³/mol. The van der Waals surface area contributed by atoms with Gasteiger partial charge in [0.1, 0.15) is 5.60 Å². The van der Waals surface area contributed by atoms with Crippen molar-refractivity contribution in [3.63, 3.8) is 0 Å². The number of methoxy groups -OCH3 is 1. The van der Waals surface area contributed by atoms with Gasteiger partial charge in [-0.1, -0.05) is 11.6 Å². The lowest BCUT2D eigenvalue weighted by molar-refractivity contribution is 0.0482. The molecule has 2 fully saturated rings. The third-order valence-corrected chi connectivity index (χ3v) is 7.06. The number of carbonyl (C=O) groups is 2. The molecule has 2 aliphatic carbocycles. The minimum absolute atomic E-state index is 0.209. The second kappa shape index (κ2) is 9.81. The monoisotopic (exact) mass is 449 g/mol. The van der Waals surface area contributed by atoms with Crippen LogP contribution in [0, 0.1) is 18.8 Å². The van der Waals surface area contributed by atoms with E-state index in [4.69, 9.17) is 21.1 Å². The number of rotatable bonds is 5. The first-order valence-corrected chi connectivity index (χ1v) is 11.8. The van der Waals surface area contributed by atoms with Crippen LogP contribution >= 0.6 is 11.6 Å². The molecule has 0 heterocycles. The first-order chi connectivity index (χ1) is 14.6. The molecule has 1 amide bonds. The maximum atomic E-state index is 12.1. The van der Waals surface area contributed by atoms with Gasteiger partial charge in [-0.3, -0.25) is 0 Å². The maximum absolute atomic E-state index is 12.1. The number of halogens is 1. The van der Waals surface area contributed by atoms with E-state index in [1.54, 1.807) is 6.07 Å². The SMILES string of the molecule is COC(=O)c1cc(Cl)cc(C2CCC2C[C@H]2CC[C@H](NC(=O)OC(C)(C)C)CC2)c1C. The van der Waals surface area contributed by atoms with Gasteiger partial charge in [-0.15, -0.1) is 0 Å². The van der Waals surface area contributed by atoms with E-state index >= 15 is 0 Å². The lowest BCUT2D eigenvalue weighted by Gasteiger charge is -2.41. The number of carbonyl (C=O) groups excluding carboxylic acids is 2. The smallest absolute Gasteiger partial charge is 0.407 e. The highest BCUT2D eigenvalue weighted by Gasteiger charge is 2.36. The normalized spacial score (nSPS) is 26.0. The average molecular weight is 450 g/mol. The van der Waals surface area contributed by atoms with Crippen molar-refractivity contribution in [3.8, 4) is 0 Å². The molecular weight excluding hydrogens is 414 g/mol. The molecule has 0 aromatic heterocycles. The predicted octanol–water partition coefficient (Wildman–Crippen LogP) is 6.40. The Morgan fingerprint density at radius 2 is 1.77 bits per heavy atom. The van der Waals surface area contributed by atoms with Crippen LogP contribution in [0.15, 0.2) is 12.1 Å². The summed E-state index contributed by atoms with van der Waals surface area (Å²) >= 11 is 6.33. The Balaban J connectivity index is 1.55. The average Bonchev–Trinajstić information content (AvgIpc) is 2.66. The Kier molecular flexibility index (Phi) is 7.56. The first kappa shape index (κ1) is 23.9. The Bertz CT molecular complexity index is 808. The van der Waals surface area contributed by atoms with Gasteiger partial charge in [-0.05, 0) is 114 Å². The van der Waals surface area contributed by atoms with Crippen LogP contribution in [0.25, 0.3) is 0 Å². The van der Waals surface area contributed by atoms with Crippen molar-refractivity contribution in [2.45, 2.75) is 90.2 Å². The zero-order valence-corrected chi connectivity index (χ0v) is 20.2. The Morgan fingerprint density at radius 3 is 2.32 bits per heavy atom. The summed E-state index contributed by atoms with van der Waals surface area (Å²) in [6, 6.07) is 3.95. The van der Waals surface area contributed by atoms with E-state index in [0.29, 0.717) is 28.3 Å². The van der Waals surface area contributed by atoms with Crippen molar-refractivity contribution in [2.24, 2.45) is 11.8 Å². The highest BCUT2D eigenvalue weighted by Crippen LogP contribution is 2.49. The van der Waals surface area contributed by atoms with Crippen molar-refractivity contribution >= 4 is 23.7 Å². The summed E-state index contributed by atoms with van der Waals surface area (Å²) in [6.07, 6.45) is 7.52. The van der Waals surface area contributed by atoms with Crippen LogP contribution in [0.4, 0.5) is 4.79 Å². The van der Waals surface area contributed by atoms with Gasteiger partial charge in [-0.2, -0.15) is 0 Å². The molecular formula is C25H36ClNO4. The van der Waals surface area contributed by atoms with Gasteiger partial charge in [0.2, 0.25) is 0 Å². The Labute approximate surface area is 191 Å². The van der Waals surface area contributed by atoms with Gasteiger partial charge in [0, 0.05) is 11.1 Å². The molecule has 6 heteroatoms. The summed E-state index contributed by atoms with van der Waals surface area (Å²) < 4.78 is 10.3. The molecule has 5 nitrogen and oxygen atoms in total. The summed E-state index contributed by atoms with van der Waals surface area (Å²) in [6.45, 7) is 7.65. The van der Waals surface area contributed by atoms with Gasteiger partial charge in [0.05, 0.1) is 12.7 Å². The number of amides is 1. The zero-order valence-electron chi connectivity index (χ0n) is 19.4. The van der Waals surface area contributed by atoms with Gasteiger partial charge < -0.3 is 14.8 Å². The molecule has 3 rings (SSSR count). The van der Waals surface area contributed by atoms with Crippen LogP contribution < -0.4 is 5.32 Å². The molecule has 2 aliphatic rings. The summed E-state index contributed by atoms with van der Waals surface area (Å²) in [7, 11) is 1.41. The molecule has 0 radical (unpaired) electrons. The van der Waals surface area contributed by atoms with Crippen LogP contribution in [0.2, 0.25) is 5.02 Å². The molecule has 172 valence electrons. The summed E-state index contributed by atoms with van der Waals surface area (Å²) in [5, 5.41) is 3.63. The molecule has 1 aromatic carbocycles. The third-order valence-electron chi connectivity index (χ3n) is 6.84. The molecule has 0 saturated heterocycles. The van der Waals surface area contributed by atoms with Crippen molar-refractivity contribution in [2.75, 3.05) is 7.11 Å². The molecule has 1 N–H and O–H groups in total. The van der Waals surface area contributed by atoms with Crippen molar-refractivity contribution in [1.29, 1.82) is 0 Å². The van der Waals surface area contributed by atoms with Crippen LogP contribution in [0.3, 0.4) is 0 Å². The highest BCUT2D eigenvalue weighted by atomic mass is 35.5. The van der Waals surface area contributed by atoms with Crippen LogP contribution in [0.1, 0.15) is 93.1 Å². The molecule has 2 unspecified atom stereocenters.